The van der Waals surface area contributed by atoms with E-state index in [1.807, 2.05) is 21.1 Å². The van der Waals surface area contributed by atoms with Crippen molar-refractivity contribution in [2.24, 2.45) is 0 Å². The number of rotatable bonds is 38. The molecule has 296 valence electrons. The molecule has 0 amide bonds. The second-order valence-electron chi connectivity index (χ2n) is 15.0. The summed E-state index contributed by atoms with van der Waals surface area (Å²) in [5, 5.41) is 0. The number of ether oxygens (including phenoxy) is 2. The van der Waals surface area contributed by atoms with E-state index >= 15 is 0 Å². The van der Waals surface area contributed by atoms with E-state index in [1.54, 1.807) is 0 Å². The number of likely N-dealkylation sites (N-methyl/N-ethyl adjacent to an activating group) is 1. The fourth-order valence-corrected chi connectivity index (χ4v) is 6.25. The zero-order valence-electron chi connectivity index (χ0n) is 33.4. The van der Waals surface area contributed by atoms with Gasteiger partial charge in [-0.2, -0.15) is 0 Å². The Balaban J connectivity index is 3.89. The van der Waals surface area contributed by atoms with E-state index in [9.17, 15) is 14.3 Å². The van der Waals surface area contributed by atoms with E-state index in [0.29, 0.717) is 24.1 Å². The standard InChI is InChI=1S/C41H80NO7P/c1-6-8-10-12-13-14-15-16-17-18-19-20-21-22-23-24-25-26-27-28-29-30-31-33-36-46-38-40(49-41(43)34-32-11-9-7-2)39-48-50(44,45)47-37-35-42(3,4)5/h15-16,18-19,40H,6-14,17,20-39H2,1-5H3/b16-15-,19-18-. The molecule has 0 aliphatic heterocycles. The van der Waals surface area contributed by atoms with Crippen molar-refractivity contribution in [2.75, 3.05) is 54.1 Å². The number of unbranched alkanes of at least 4 members (excludes halogenated alkanes) is 20. The molecule has 0 saturated carbocycles. The molecule has 0 aliphatic rings. The zero-order valence-corrected chi connectivity index (χ0v) is 34.2. The van der Waals surface area contributed by atoms with Crippen LogP contribution in [0.25, 0.3) is 0 Å². The lowest BCUT2D eigenvalue weighted by Crippen LogP contribution is -2.37. The fraction of sp³-hybridized carbons (Fsp3) is 0.878. The number of carbonyl (C=O) groups is 1. The van der Waals surface area contributed by atoms with Gasteiger partial charge in [-0.25, -0.2) is 0 Å². The molecule has 0 saturated heterocycles. The van der Waals surface area contributed by atoms with E-state index in [1.165, 1.54) is 109 Å². The summed E-state index contributed by atoms with van der Waals surface area (Å²) in [7, 11) is 1.36. The van der Waals surface area contributed by atoms with Crippen LogP contribution in [-0.4, -0.2) is 70.7 Å². The molecule has 0 N–H and O–H groups in total. The summed E-state index contributed by atoms with van der Waals surface area (Å²) in [6, 6.07) is 0. The van der Waals surface area contributed by atoms with Crippen molar-refractivity contribution in [3.63, 3.8) is 0 Å². The quantitative estimate of drug-likeness (QED) is 0.0205. The van der Waals surface area contributed by atoms with E-state index < -0.39 is 13.9 Å². The molecule has 0 bridgehead atoms. The highest BCUT2D eigenvalue weighted by Crippen LogP contribution is 2.38. The second kappa shape index (κ2) is 35.0. The molecule has 8 nitrogen and oxygen atoms in total. The van der Waals surface area contributed by atoms with Gasteiger partial charge < -0.3 is 27.9 Å². The number of nitrogens with zero attached hydrogens (tertiary/aromatic N) is 1. The minimum Gasteiger partial charge on any atom is -0.756 e. The number of phosphoric acid groups is 1. The maximum atomic E-state index is 12.4. The van der Waals surface area contributed by atoms with Crippen LogP contribution in [0.4, 0.5) is 0 Å². The van der Waals surface area contributed by atoms with E-state index in [-0.39, 0.29) is 25.8 Å². The number of phosphoric ester groups is 1. The smallest absolute Gasteiger partial charge is 0.306 e. The van der Waals surface area contributed by atoms with Gasteiger partial charge in [0, 0.05) is 13.0 Å². The van der Waals surface area contributed by atoms with Gasteiger partial charge in [-0.15, -0.1) is 0 Å². The third-order valence-corrected chi connectivity index (χ3v) is 9.72. The number of carbonyl (C=O) groups excluding carboxylic acids is 1. The molecule has 0 fully saturated rings. The van der Waals surface area contributed by atoms with Crippen LogP contribution < -0.4 is 4.89 Å². The van der Waals surface area contributed by atoms with Crippen molar-refractivity contribution < 1.29 is 37.3 Å². The van der Waals surface area contributed by atoms with Crippen LogP contribution in [0, 0.1) is 0 Å². The predicted octanol–water partition coefficient (Wildman–Crippen LogP) is 11.0. The summed E-state index contributed by atoms with van der Waals surface area (Å²) in [5.74, 6) is -0.352. The molecule has 50 heavy (non-hydrogen) atoms. The molecular formula is C41H80NO7P. The normalized spacial score (nSPS) is 14.1. The number of quaternary nitrogens is 1. The summed E-state index contributed by atoms with van der Waals surface area (Å²) >= 11 is 0. The minimum atomic E-state index is -4.50. The molecular weight excluding hydrogens is 649 g/mol. The number of hydrogen-bond donors (Lipinski definition) is 0. The van der Waals surface area contributed by atoms with Gasteiger partial charge in [0.15, 0.2) is 0 Å². The molecule has 0 aromatic heterocycles. The van der Waals surface area contributed by atoms with Crippen LogP contribution in [0.3, 0.4) is 0 Å². The Morgan fingerprint density at radius 1 is 0.620 bits per heavy atom. The van der Waals surface area contributed by atoms with Crippen molar-refractivity contribution in [3.8, 4) is 0 Å². The maximum absolute atomic E-state index is 12.4. The lowest BCUT2D eigenvalue weighted by molar-refractivity contribution is -0.870. The molecule has 0 rings (SSSR count). The summed E-state index contributed by atoms with van der Waals surface area (Å²) in [5.41, 5.74) is 0. The van der Waals surface area contributed by atoms with Crippen LogP contribution in [0.15, 0.2) is 24.3 Å². The lowest BCUT2D eigenvalue weighted by Gasteiger charge is -2.28. The van der Waals surface area contributed by atoms with E-state index in [2.05, 4.69) is 38.2 Å². The van der Waals surface area contributed by atoms with Crippen LogP contribution in [0.2, 0.25) is 0 Å². The van der Waals surface area contributed by atoms with Crippen molar-refractivity contribution in [1.82, 2.24) is 0 Å². The minimum absolute atomic E-state index is 0.0267. The van der Waals surface area contributed by atoms with Crippen LogP contribution in [0.5, 0.6) is 0 Å². The topological polar surface area (TPSA) is 94.1 Å². The van der Waals surface area contributed by atoms with Crippen LogP contribution in [0.1, 0.15) is 174 Å². The Morgan fingerprint density at radius 2 is 1.10 bits per heavy atom. The van der Waals surface area contributed by atoms with Crippen molar-refractivity contribution in [3.05, 3.63) is 24.3 Å². The Morgan fingerprint density at radius 3 is 1.62 bits per heavy atom. The summed E-state index contributed by atoms with van der Waals surface area (Å²) < 4.78 is 34.2. The van der Waals surface area contributed by atoms with Gasteiger partial charge in [-0.3, -0.25) is 9.36 Å². The number of esters is 1. The first-order chi connectivity index (χ1) is 24.1. The molecule has 0 spiro atoms. The molecule has 0 heterocycles. The number of hydrogen-bond acceptors (Lipinski definition) is 7. The van der Waals surface area contributed by atoms with Crippen molar-refractivity contribution >= 4 is 13.8 Å². The Labute approximate surface area is 309 Å². The van der Waals surface area contributed by atoms with Gasteiger partial charge in [0.25, 0.3) is 7.82 Å². The SMILES string of the molecule is CCCCCCC/C=C\C/C=C\CCCCCCCCCCCCCCOCC(COP(=O)([O-])OCC[N+](C)(C)C)OC(=O)CCCCCC. The third kappa shape index (κ3) is 38.2. The van der Waals surface area contributed by atoms with E-state index in [0.717, 1.165) is 44.9 Å². The first-order valence-corrected chi connectivity index (χ1v) is 22.0. The predicted molar refractivity (Wildman–Crippen MR) is 208 cm³/mol. The summed E-state index contributed by atoms with van der Waals surface area (Å²) in [6.45, 7) is 5.28. The first-order valence-electron chi connectivity index (χ1n) is 20.6. The van der Waals surface area contributed by atoms with Gasteiger partial charge >= 0.3 is 5.97 Å². The van der Waals surface area contributed by atoms with Gasteiger partial charge in [0.2, 0.25) is 0 Å². The molecule has 0 aromatic carbocycles. The zero-order chi connectivity index (χ0) is 37.0. The van der Waals surface area contributed by atoms with Crippen molar-refractivity contribution in [1.29, 1.82) is 0 Å². The van der Waals surface area contributed by atoms with Gasteiger partial charge in [-0.1, -0.05) is 147 Å². The highest BCUT2D eigenvalue weighted by molar-refractivity contribution is 7.45. The molecule has 2 unspecified atom stereocenters. The van der Waals surface area contributed by atoms with Crippen LogP contribution >= 0.6 is 7.82 Å². The molecule has 9 heteroatoms. The lowest BCUT2D eigenvalue weighted by atomic mass is 10.0. The van der Waals surface area contributed by atoms with Crippen molar-refractivity contribution in [2.45, 2.75) is 180 Å². The fourth-order valence-electron chi connectivity index (χ4n) is 5.52. The molecule has 2 atom stereocenters. The Kier molecular flexibility index (Phi) is 34.3. The first kappa shape index (κ1) is 49.0. The Hall–Kier alpha value is -1.02. The van der Waals surface area contributed by atoms with Gasteiger partial charge in [-0.05, 0) is 44.9 Å². The average Bonchev–Trinajstić information content (AvgIpc) is 3.06. The van der Waals surface area contributed by atoms with E-state index in [4.69, 9.17) is 18.5 Å². The summed E-state index contributed by atoms with van der Waals surface area (Å²) in [6.07, 6.45) is 38.3. The van der Waals surface area contributed by atoms with Crippen LogP contribution in [-0.2, 0) is 27.9 Å². The molecule has 0 radical (unpaired) electrons. The largest absolute Gasteiger partial charge is 0.756 e. The second-order valence-corrected chi connectivity index (χ2v) is 16.4. The summed E-state index contributed by atoms with van der Waals surface area (Å²) in [4.78, 5) is 24.6. The maximum Gasteiger partial charge on any atom is 0.306 e. The monoisotopic (exact) mass is 730 g/mol. The highest BCUT2D eigenvalue weighted by atomic mass is 31.2. The van der Waals surface area contributed by atoms with Gasteiger partial charge in [0.1, 0.15) is 19.3 Å². The molecule has 0 aliphatic carbocycles. The Bertz CT molecular complexity index is 858. The van der Waals surface area contributed by atoms with Gasteiger partial charge in [0.05, 0.1) is 34.4 Å². The number of allylic oxidation sites excluding steroid dienone is 4. The third-order valence-electron chi connectivity index (χ3n) is 8.76. The highest BCUT2D eigenvalue weighted by Gasteiger charge is 2.20. The molecule has 0 aromatic rings. The average molecular weight is 730 g/mol.